The lowest BCUT2D eigenvalue weighted by Crippen LogP contribution is -2.45. The summed E-state index contributed by atoms with van der Waals surface area (Å²) in [5, 5.41) is 30.7. The fourth-order valence-corrected chi connectivity index (χ4v) is 4.06. The molecule has 152 valence electrons. The number of methoxy groups -OCH3 is 1. The number of fused-ring (bicyclic) bond motifs is 2. The summed E-state index contributed by atoms with van der Waals surface area (Å²) in [4.78, 5) is 36.0. The number of Topliss-reactive ketones (excluding diaryl/α,β-unsaturated/α-hetero) is 1. The van der Waals surface area contributed by atoms with Crippen LogP contribution in [-0.2, 0) is 19.1 Å². The molecular weight excluding hydrogens is 380 g/mol. The molecule has 0 aromatic heterocycles. The molecule has 3 rings (SSSR count). The summed E-state index contributed by atoms with van der Waals surface area (Å²) in [6.07, 6.45) is 0.521. The summed E-state index contributed by atoms with van der Waals surface area (Å²) in [5.41, 5.74) is -1.26. The molecule has 1 aliphatic carbocycles. The number of aromatic hydroxyl groups is 2. The average molecular weight is 400 g/mol. The van der Waals surface area contributed by atoms with E-state index in [9.17, 15) is 29.7 Å². The molecule has 0 bridgehead atoms. The van der Waals surface area contributed by atoms with Crippen LogP contribution in [0.3, 0.4) is 0 Å². The topological polar surface area (TPSA) is 130 Å². The van der Waals surface area contributed by atoms with Gasteiger partial charge in [0, 0.05) is 6.92 Å². The summed E-state index contributed by atoms with van der Waals surface area (Å²) in [5.74, 6) is -4.08. The number of carboxylic acid groups (broad SMARTS) is 1. The minimum atomic E-state index is -1.44. The number of phenolic OH excluding ortho intramolecular Hbond substituents is 2. The number of phenols is 2. The Morgan fingerprint density at radius 3 is 2.55 bits per heavy atom. The molecule has 0 saturated carbocycles. The highest BCUT2D eigenvalue weighted by molar-refractivity contribution is 6.09. The van der Waals surface area contributed by atoms with Crippen molar-refractivity contribution < 1.29 is 39.2 Å². The molecule has 2 aromatic carbocycles. The van der Waals surface area contributed by atoms with Gasteiger partial charge in [-0.3, -0.25) is 9.59 Å². The van der Waals surface area contributed by atoms with E-state index in [1.54, 1.807) is 18.2 Å². The predicted octanol–water partition coefficient (Wildman–Crippen LogP) is 2.86. The standard InChI is InChI=1S/C21H20O8/c1-10(22)29-21(2)9-14(24)18-12(19(21)15(28-3)8-16(25)26)7-11-5-4-6-13(23)17(11)20(18)27/h4-8,19,23,27H,9H2,1-3H3,(H,25,26)/b15-8-. The Labute approximate surface area is 166 Å². The predicted molar refractivity (Wildman–Crippen MR) is 102 cm³/mol. The number of ether oxygens (including phenoxy) is 2. The first-order valence-electron chi connectivity index (χ1n) is 8.78. The van der Waals surface area contributed by atoms with E-state index in [1.165, 1.54) is 27.0 Å². The maximum atomic E-state index is 12.9. The van der Waals surface area contributed by atoms with Crippen molar-refractivity contribution in [2.24, 2.45) is 0 Å². The Balaban J connectivity index is 2.40. The normalized spacial score (nSPS) is 21.6. The smallest absolute Gasteiger partial charge is 0.331 e. The Morgan fingerprint density at radius 1 is 1.28 bits per heavy atom. The Kier molecular flexibility index (Phi) is 4.96. The molecule has 0 spiro atoms. The van der Waals surface area contributed by atoms with E-state index in [0.29, 0.717) is 5.39 Å². The molecule has 0 amide bonds. The van der Waals surface area contributed by atoms with E-state index >= 15 is 0 Å². The molecule has 29 heavy (non-hydrogen) atoms. The number of carbonyl (C=O) groups excluding carboxylic acids is 2. The fraction of sp³-hybridized carbons (Fsp3) is 0.286. The number of benzene rings is 2. The van der Waals surface area contributed by atoms with Crippen LogP contribution in [-0.4, -0.2) is 45.8 Å². The third-order valence-corrected chi connectivity index (χ3v) is 5.02. The number of carboxylic acids is 1. The molecule has 2 unspecified atom stereocenters. The summed E-state index contributed by atoms with van der Waals surface area (Å²) in [6, 6.07) is 6.13. The summed E-state index contributed by atoms with van der Waals surface area (Å²) >= 11 is 0. The Bertz CT molecular complexity index is 1070. The zero-order chi connectivity index (χ0) is 21.5. The van der Waals surface area contributed by atoms with Gasteiger partial charge in [-0.05, 0) is 30.0 Å². The quantitative estimate of drug-likeness (QED) is 0.406. The highest BCUT2D eigenvalue weighted by Gasteiger charge is 2.50. The zero-order valence-electron chi connectivity index (χ0n) is 16.1. The summed E-state index contributed by atoms with van der Waals surface area (Å²) < 4.78 is 10.7. The minimum absolute atomic E-state index is 0.0473. The van der Waals surface area contributed by atoms with Crippen LogP contribution < -0.4 is 0 Å². The van der Waals surface area contributed by atoms with Crippen molar-refractivity contribution in [1.82, 2.24) is 0 Å². The van der Waals surface area contributed by atoms with Crippen molar-refractivity contribution in [3.63, 3.8) is 0 Å². The lowest BCUT2D eigenvalue weighted by atomic mass is 9.70. The maximum Gasteiger partial charge on any atom is 0.331 e. The molecule has 2 atom stereocenters. The van der Waals surface area contributed by atoms with Crippen LogP contribution >= 0.6 is 0 Å². The van der Waals surface area contributed by atoms with E-state index in [4.69, 9.17) is 9.47 Å². The first kappa shape index (κ1) is 20.2. The van der Waals surface area contributed by atoms with Crippen molar-refractivity contribution in [3.05, 3.63) is 47.2 Å². The second kappa shape index (κ2) is 7.12. The molecule has 0 saturated heterocycles. The average Bonchev–Trinajstić information content (AvgIpc) is 2.58. The molecule has 0 aliphatic heterocycles. The van der Waals surface area contributed by atoms with E-state index in [-0.39, 0.29) is 34.4 Å². The largest absolute Gasteiger partial charge is 0.507 e. The van der Waals surface area contributed by atoms with Crippen LogP contribution in [0.4, 0.5) is 0 Å². The van der Waals surface area contributed by atoms with Gasteiger partial charge < -0.3 is 24.8 Å². The lowest BCUT2D eigenvalue weighted by Gasteiger charge is -2.41. The van der Waals surface area contributed by atoms with Crippen molar-refractivity contribution in [2.45, 2.75) is 31.8 Å². The number of hydrogen-bond acceptors (Lipinski definition) is 7. The summed E-state index contributed by atoms with van der Waals surface area (Å²) in [7, 11) is 1.27. The number of aliphatic carboxylic acids is 1. The molecule has 2 aromatic rings. The van der Waals surface area contributed by atoms with Gasteiger partial charge in [0.25, 0.3) is 0 Å². The van der Waals surface area contributed by atoms with Crippen molar-refractivity contribution in [1.29, 1.82) is 0 Å². The third kappa shape index (κ3) is 3.37. The molecule has 0 radical (unpaired) electrons. The number of rotatable bonds is 4. The van der Waals surface area contributed by atoms with Gasteiger partial charge in [-0.15, -0.1) is 0 Å². The van der Waals surface area contributed by atoms with Crippen LogP contribution in [0.5, 0.6) is 11.5 Å². The van der Waals surface area contributed by atoms with Crippen LogP contribution in [0.2, 0.25) is 0 Å². The highest BCUT2D eigenvalue weighted by atomic mass is 16.6. The number of carbonyl (C=O) groups is 3. The third-order valence-electron chi connectivity index (χ3n) is 5.02. The van der Waals surface area contributed by atoms with Gasteiger partial charge in [0.05, 0.1) is 36.5 Å². The van der Waals surface area contributed by atoms with Crippen LogP contribution in [0, 0.1) is 0 Å². The number of hydrogen-bond donors (Lipinski definition) is 3. The van der Waals surface area contributed by atoms with Crippen LogP contribution in [0.1, 0.15) is 42.1 Å². The highest BCUT2D eigenvalue weighted by Crippen LogP contribution is 2.50. The van der Waals surface area contributed by atoms with Gasteiger partial charge in [-0.2, -0.15) is 0 Å². The van der Waals surface area contributed by atoms with Crippen molar-refractivity contribution in [2.75, 3.05) is 7.11 Å². The second-order valence-electron chi connectivity index (χ2n) is 7.09. The van der Waals surface area contributed by atoms with E-state index in [1.807, 2.05) is 0 Å². The Morgan fingerprint density at radius 2 is 1.97 bits per heavy atom. The van der Waals surface area contributed by atoms with E-state index in [2.05, 4.69) is 0 Å². The molecule has 3 N–H and O–H groups in total. The van der Waals surface area contributed by atoms with E-state index < -0.39 is 35.0 Å². The number of esters is 1. The number of ketones is 1. The first-order valence-corrected chi connectivity index (χ1v) is 8.78. The van der Waals surface area contributed by atoms with Crippen LogP contribution in [0.25, 0.3) is 10.8 Å². The zero-order valence-corrected chi connectivity index (χ0v) is 16.1. The molecule has 1 aliphatic rings. The van der Waals surface area contributed by atoms with E-state index in [0.717, 1.165) is 6.08 Å². The minimum Gasteiger partial charge on any atom is -0.507 e. The first-order chi connectivity index (χ1) is 13.6. The second-order valence-corrected chi connectivity index (χ2v) is 7.09. The van der Waals surface area contributed by atoms with Crippen LogP contribution in [0.15, 0.2) is 36.1 Å². The lowest BCUT2D eigenvalue weighted by molar-refractivity contribution is -0.157. The Hall–Kier alpha value is -3.55. The molecule has 0 heterocycles. The SMILES string of the molecule is CO/C(=C\C(=O)O)C1c2cc3cccc(O)c3c(O)c2C(=O)CC1(C)OC(C)=O. The van der Waals surface area contributed by atoms with Gasteiger partial charge in [-0.25, -0.2) is 4.79 Å². The maximum absolute atomic E-state index is 12.9. The molecular formula is C21H20O8. The van der Waals surface area contributed by atoms with Gasteiger partial charge in [0.1, 0.15) is 22.9 Å². The van der Waals surface area contributed by atoms with Gasteiger partial charge in [-0.1, -0.05) is 12.1 Å². The monoisotopic (exact) mass is 400 g/mol. The van der Waals surface area contributed by atoms with Gasteiger partial charge >= 0.3 is 11.9 Å². The summed E-state index contributed by atoms with van der Waals surface area (Å²) in [6.45, 7) is 2.70. The molecule has 8 heteroatoms. The molecule has 0 fully saturated rings. The molecule has 8 nitrogen and oxygen atoms in total. The van der Waals surface area contributed by atoms with Crippen molar-refractivity contribution in [3.8, 4) is 11.5 Å². The van der Waals surface area contributed by atoms with Crippen molar-refractivity contribution >= 4 is 28.5 Å². The fourth-order valence-electron chi connectivity index (χ4n) is 4.06. The van der Waals surface area contributed by atoms with Gasteiger partial charge in [0.15, 0.2) is 5.78 Å². The van der Waals surface area contributed by atoms with Gasteiger partial charge in [0.2, 0.25) is 0 Å².